The van der Waals surface area contributed by atoms with Crippen molar-refractivity contribution in [3.8, 4) is 16.9 Å². The van der Waals surface area contributed by atoms with Gasteiger partial charge in [-0.05, 0) is 259 Å². The van der Waals surface area contributed by atoms with Crippen molar-refractivity contribution >= 4 is 0 Å². The quantitative estimate of drug-likeness (QED) is 0.161. The smallest absolute Gasteiger partial charge is 0.118 e. The van der Waals surface area contributed by atoms with E-state index in [0.717, 1.165) is 12.2 Å². The molecule has 0 saturated carbocycles. The van der Waals surface area contributed by atoms with Crippen LogP contribution >= 0.6 is 0 Å². The van der Waals surface area contributed by atoms with E-state index in [1.54, 1.807) is 7.11 Å². The molecule has 0 amide bonds. The van der Waals surface area contributed by atoms with E-state index in [1.165, 1.54) is 128 Å². The predicted molar refractivity (Wildman–Crippen MR) is 339 cm³/mol. The molecule has 0 N–H and O–H groups in total. The van der Waals surface area contributed by atoms with E-state index in [0.29, 0.717) is 0 Å². The van der Waals surface area contributed by atoms with Crippen molar-refractivity contribution in [1.29, 1.82) is 0 Å². The molecule has 0 aromatic heterocycles. The average molecular weight is 1020 g/mol. The Balaban J connectivity index is 0.000000205. The van der Waals surface area contributed by atoms with E-state index < -0.39 is 0 Å². The molecule has 0 bridgehead atoms. The van der Waals surface area contributed by atoms with Gasteiger partial charge in [0.25, 0.3) is 0 Å². The van der Waals surface area contributed by atoms with E-state index in [1.807, 2.05) is 12.1 Å². The molecule has 1 heteroatoms. The SMILES string of the molecule is COc1ccc(C(C)(C)c2ccc(C)cc2)cc1.Cc1cc(C)c(C)cc1C.Cc1ccc(-c2ccc(C)c(C)c2)cc1C.Cc1ccc(Cc2ccc(C)c(C)c2)cc1C.Cc1ccccc1C.Cc1ccccc1C. The Labute approximate surface area is 468 Å². The van der Waals surface area contributed by atoms with Gasteiger partial charge in [0, 0.05) is 5.41 Å². The van der Waals surface area contributed by atoms with Crippen LogP contribution < -0.4 is 4.74 Å². The number of rotatable bonds is 6. The number of methoxy groups -OCH3 is 1. The molecule has 0 aliphatic rings. The number of hydrogen-bond donors (Lipinski definition) is 0. The Hall–Kier alpha value is -7.22. The van der Waals surface area contributed by atoms with Crippen LogP contribution in [-0.4, -0.2) is 7.11 Å². The van der Waals surface area contributed by atoms with Gasteiger partial charge in [-0.1, -0.05) is 189 Å². The molecule has 0 heterocycles. The van der Waals surface area contributed by atoms with Gasteiger partial charge in [-0.25, -0.2) is 0 Å². The third-order valence-electron chi connectivity index (χ3n) is 15.4. The molecule has 0 atom stereocenters. The Morgan fingerprint density at radius 1 is 0.273 bits per heavy atom. The molecule has 9 aromatic carbocycles. The van der Waals surface area contributed by atoms with Crippen molar-refractivity contribution in [1.82, 2.24) is 0 Å². The molecular formula is C76H92O. The molecular weight excluding hydrogens is 929 g/mol. The van der Waals surface area contributed by atoms with Crippen LogP contribution in [0.5, 0.6) is 5.75 Å². The maximum atomic E-state index is 5.20. The standard InChI is InChI=1S/C17H20O.C17H20.C16H18.C10H14.2C8H10/c1-13-5-7-14(8-6-13)17(2,3)15-9-11-16(18-4)12-10-15;1-12-5-7-16(9-14(12)3)11-17-8-6-13(2)15(4)10-17;1-11-5-7-15(9-13(11)3)16-8-6-12(2)14(4)10-16;1-7-5-9(3)10(4)6-8(7)2;2*1-7-5-3-4-6-8(7)2/h5-12H,1-4H3;5-10H,11H2,1-4H3;5-10H,1-4H3;5-6H,1-4H3;2*3-6H,1-2H3. The van der Waals surface area contributed by atoms with Crippen molar-refractivity contribution in [2.75, 3.05) is 7.11 Å². The molecule has 77 heavy (non-hydrogen) atoms. The molecule has 0 radical (unpaired) electrons. The zero-order chi connectivity index (χ0) is 57.0. The fourth-order valence-electron chi connectivity index (χ4n) is 8.48. The summed E-state index contributed by atoms with van der Waals surface area (Å²) in [6.07, 6.45) is 1.03. The third-order valence-corrected chi connectivity index (χ3v) is 15.4. The van der Waals surface area contributed by atoms with Crippen LogP contribution in [0.4, 0.5) is 0 Å². The van der Waals surface area contributed by atoms with Gasteiger partial charge in [0.2, 0.25) is 0 Å². The lowest BCUT2D eigenvalue weighted by Crippen LogP contribution is -2.18. The maximum Gasteiger partial charge on any atom is 0.118 e. The lowest BCUT2D eigenvalue weighted by atomic mass is 9.78. The second-order valence-electron chi connectivity index (χ2n) is 22.0. The van der Waals surface area contributed by atoms with Crippen LogP contribution in [0.3, 0.4) is 0 Å². The molecule has 402 valence electrons. The molecule has 1 nitrogen and oxygen atoms in total. The van der Waals surface area contributed by atoms with E-state index in [-0.39, 0.29) is 5.41 Å². The van der Waals surface area contributed by atoms with Gasteiger partial charge in [-0.2, -0.15) is 0 Å². The van der Waals surface area contributed by atoms with E-state index in [2.05, 4.69) is 301 Å². The predicted octanol–water partition coefficient (Wildman–Crippen LogP) is 21.0. The molecule has 0 fully saturated rings. The summed E-state index contributed by atoms with van der Waals surface area (Å²) in [6.45, 7) is 41.0. The van der Waals surface area contributed by atoms with Crippen molar-refractivity contribution in [2.45, 2.75) is 143 Å². The molecule has 0 saturated heterocycles. The maximum absolute atomic E-state index is 5.20. The highest BCUT2D eigenvalue weighted by molar-refractivity contribution is 5.66. The van der Waals surface area contributed by atoms with Gasteiger partial charge in [0.05, 0.1) is 7.11 Å². The molecule has 0 unspecified atom stereocenters. The van der Waals surface area contributed by atoms with Gasteiger partial charge >= 0.3 is 0 Å². The zero-order valence-corrected chi connectivity index (χ0v) is 50.9. The van der Waals surface area contributed by atoms with E-state index >= 15 is 0 Å². The van der Waals surface area contributed by atoms with Gasteiger partial charge < -0.3 is 4.74 Å². The first-order valence-corrected chi connectivity index (χ1v) is 27.5. The molecule has 0 aliphatic carbocycles. The second kappa shape index (κ2) is 29.9. The fraction of sp³-hybridized carbons (Fsp3) is 0.289. The first-order valence-electron chi connectivity index (χ1n) is 27.5. The highest BCUT2D eigenvalue weighted by atomic mass is 16.5. The topological polar surface area (TPSA) is 9.23 Å². The highest BCUT2D eigenvalue weighted by Crippen LogP contribution is 2.32. The summed E-state index contributed by atoms with van der Waals surface area (Å²) in [7, 11) is 1.69. The normalized spacial score (nSPS) is 10.4. The summed E-state index contributed by atoms with van der Waals surface area (Å²) in [5.74, 6) is 0.901. The Morgan fingerprint density at radius 3 is 0.831 bits per heavy atom. The Morgan fingerprint density at radius 2 is 0.545 bits per heavy atom. The lowest BCUT2D eigenvalue weighted by molar-refractivity contribution is 0.414. The molecule has 9 rings (SSSR count). The molecule has 0 aliphatic heterocycles. The second-order valence-corrected chi connectivity index (χ2v) is 22.0. The third kappa shape index (κ3) is 19.7. The number of hydrogen-bond acceptors (Lipinski definition) is 1. The van der Waals surface area contributed by atoms with Crippen LogP contribution in [0, 0.1) is 118 Å². The summed E-state index contributed by atoms with van der Waals surface area (Å²) in [5, 5.41) is 0. The van der Waals surface area contributed by atoms with Crippen LogP contribution in [0.15, 0.2) is 182 Å². The number of ether oxygens (including phenoxy) is 1. The average Bonchev–Trinajstić information content (AvgIpc) is 3.40. The zero-order valence-electron chi connectivity index (χ0n) is 50.9. The number of benzene rings is 9. The summed E-state index contributed by atoms with van der Waals surface area (Å²) < 4.78 is 5.20. The number of aryl methyl sites for hydroxylation is 17. The molecule has 0 spiro atoms. The van der Waals surface area contributed by atoms with Crippen LogP contribution in [-0.2, 0) is 11.8 Å². The monoisotopic (exact) mass is 1020 g/mol. The Kier molecular flexibility index (Phi) is 24.2. The summed E-state index contributed by atoms with van der Waals surface area (Å²) in [5.41, 5.74) is 31.3. The summed E-state index contributed by atoms with van der Waals surface area (Å²) in [6, 6.07) is 65.1. The van der Waals surface area contributed by atoms with Gasteiger partial charge in [0.15, 0.2) is 0 Å². The van der Waals surface area contributed by atoms with Crippen LogP contribution in [0.1, 0.15) is 131 Å². The minimum absolute atomic E-state index is 0.0139. The summed E-state index contributed by atoms with van der Waals surface area (Å²) in [4.78, 5) is 0. The van der Waals surface area contributed by atoms with Crippen LogP contribution in [0.2, 0.25) is 0 Å². The van der Waals surface area contributed by atoms with Gasteiger partial charge in [-0.15, -0.1) is 0 Å². The highest BCUT2D eigenvalue weighted by Gasteiger charge is 2.22. The lowest BCUT2D eigenvalue weighted by Gasteiger charge is -2.26. The van der Waals surface area contributed by atoms with Gasteiger partial charge in [-0.3, -0.25) is 0 Å². The van der Waals surface area contributed by atoms with Crippen molar-refractivity contribution in [3.63, 3.8) is 0 Å². The largest absolute Gasteiger partial charge is 0.497 e. The Bertz CT molecular complexity index is 3030. The first-order chi connectivity index (χ1) is 36.4. The molecule has 9 aromatic rings. The van der Waals surface area contributed by atoms with Crippen LogP contribution in [0.25, 0.3) is 11.1 Å². The van der Waals surface area contributed by atoms with E-state index in [4.69, 9.17) is 4.74 Å². The first kappa shape index (κ1) is 62.3. The van der Waals surface area contributed by atoms with Crippen molar-refractivity contribution in [2.24, 2.45) is 0 Å². The van der Waals surface area contributed by atoms with E-state index in [9.17, 15) is 0 Å². The summed E-state index contributed by atoms with van der Waals surface area (Å²) >= 11 is 0. The van der Waals surface area contributed by atoms with Gasteiger partial charge in [0.1, 0.15) is 5.75 Å². The van der Waals surface area contributed by atoms with Crippen molar-refractivity contribution < 1.29 is 4.74 Å². The van der Waals surface area contributed by atoms with Crippen molar-refractivity contribution in [3.05, 3.63) is 299 Å². The minimum Gasteiger partial charge on any atom is -0.497 e. The fourth-order valence-corrected chi connectivity index (χ4v) is 8.48. The minimum atomic E-state index is 0.0139.